The number of nitrogens with zero attached hydrogens (tertiary/aromatic N) is 1. The second-order valence-electron chi connectivity index (χ2n) is 9.85. The molecule has 5 fully saturated rings. The smallest absolute Gasteiger partial charge is 0.356 e. The number of carbonyl (C=O) groups is 1. The molecule has 6 heteroatoms. The molecule has 5 aliphatic carbocycles. The van der Waals surface area contributed by atoms with Crippen molar-refractivity contribution in [3.8, 4) is 0 Å². The molecule has 3 N–H and O–H groups in total. The molecule has 0 saturated heterocycles. The number of aliphatic carboxylic acids is 1. The van der Waals surface area contributed by atoms with Gasteiger partial charge in [0.15, 0.2) is 5.70 Å². The van der Waals surface area contributed by atoms with E-state index < -0.39 is 5.97 Å². The molecule has 150 valence electrons. The highest BCUT2D eigenvalue weighted by atomic mass is 16.5. The summed E-state index contributed by atoms with van der Waals surface area (Å²) < 4.78 is 6.47. The number of hydroxylamine groups is 2. The molecule has 27 heavy (non-hydrogen) atoms. The first kappa shape index (κ1) is 17.8. The number of nitrogens with one attached hydrogen (secondary N) is 1. The van der Waals surface area contributed by atoms with E-state index in [9.17, 15) is 15.1 Å². The number of hydrogen-bond acceptors (Lipinski definition) is 5. The Morgan fingerprint density at radius 3 is 2.22 bits per heavy atom. The molecule has 1 aliphatic heterocycles. The van der Waals surface area contributed by atoms with E-state index in [1.807, 2.05) is 0 Å². The van der Waals surface area contributed by atoms with E-state index in [4.69, 9.17) is 4.74 Å². The van der Waals surface area contributed by atoms with Crippen LogP contribution >= 0.6 is 0 Å². The normalized spacial score (nSPS) is 41.3. The van der Waals surface area contributed by atoms with Gasteiger partial charge >= 0.3 is 5.97 Å². The Kier molecular flexibility index (Phi) is 4.39. The second-order valence-corrected chi connectivity index (χ2v) is 9.85. The molecule has 0 aromatic carbocycles. The molecule has 1 heterocycles. The van der Waals surface area contributed by atoms with Gasteiger partial charge in [-0.3, -0.25) is 5.21 Å². The van der Waals surface area contributed by atoms with Crippen molar-refractivity contribution in [2.24, 2.45) is 23.7 Å². The summed E-state index contributed by atoms with van der Waals surface area (Å²) in [6.07, 6.45) is 12.7. The maximum absolute atomic E-state index is 11.8. The van der Waals surface area contributed by atoms with Crippen LogP contribution in [0.1, 0.15) is 70.6 Å². The van der Waals surface area contributed by atoms with Gasteiger partial charge in [0, 0.05) is 0 Å². The van der Waals surface area contributed by atoms with Gasteiger partial charge in [0.1, 0.15) is 6.17 Å². The number of ether oxygens (including phenoxy) is 1. The van der Waals surface area contributed by atoms with Crippen molar-refractivity contribution in [2.45, 2.75) is 82.4 Å². The van der Waals surface area contributed by atoms with E-state index in [1.165, 1.54) is 25.7 Å². The van der Waals surface area contributed by atoms with Crippen molar-refractivity contribution in [3.05, 3.63) is 11.4 Å². The van der Waals surface area contributed by atoms with E-state index in [0.717, 1.165) is 67.8 Å². The van der Waals surface area contributed by atoms with Crippen molar-refractivity contribution >= 4 is 5.97 Å². The highest BCUT2D eigenvalue weighted by Crippen LogP contribution is 2.57. The van der Waals surface area contributed by atoms with Gasteiger partial charge in [-0.15, -0.1) is 0 Å². The lowest BCUT2D eigenvalue weighted by Gasteiger charge is -2.56. The van der Waals surface area contributed by atoms with Gasteiger partial charge < -0.3 is 15.2 Å². The predicted octanol–water partition coefficient (Wildman–Crippen LogP) is 3.47. The third-order valence-corrected chi connectivity index (χ3v) is 7.90. The van der Waals surface area contributed by atoms with Gasteiger partial charge in [-0.2, -0.15) is 0 Å². The van der Waals surface area contributed by atoms with Gasteiger partial charge in [0.25, 0.3) is 0 Å². The largest absolute Gasteiger partial charge is 0.476 e. The van der Waals surface area contributed by atoms with Gasteiger partial charge in [-0.25, -0.2) is 9.86 Å². The molecule has 1 unspecified atom stereocenters. The Balaban J connectivity index is 1.30. The fourth-order valence-corrected chi connectivity index (χ4v) is 7.12. The lowest BCUT2D eigenvalue weighted by Crippen LogP contribution is -2.52. The molecular formula is C21H32N2O4. The Labute approximate surface area is 160 Å². The van der Waals surface area contributed by atoms with Gasteiger partial charge in [0.05, 0.1) is 17.9 Å². The van der Waals surface area contributed by atoms with Crippen molar-refractivity contribution < 1.29 is 19.8 Å². The summed E-state index contributed by atoms with van der Waals surface area (Å²) in [7, 11) is 0. The van der Waals surface area contributed by atoms with Crippen LogP contribution < -0.4 is 5.32 Å². The van der Waals surface area contributed by atoms with Gasteiger partial charge in [-0.05, 0) is 75.0 Å². The predicted molar refractivity (Wildman–Crippen MR) is 98.6 cm³/mol. The summed E-state index contributed by atoms with van der Waals surface area (Å²) in [5.41, 5.74) is 0.475. The molecule has 0 aromatic rings. The molecule has 5 saturated carbocycles. The summed E-state index contributed by atoms with van der Waals surface area (Å²) in [6, 6.07) is 0. The van der Waals surface area contributed by atoms with Crippen LogP contribution in [0.4, 0.5) is 0 Å². The molecule has 0 aromatic heterocycles. The number of carboxylic acids is 1. The fraction of sp³-hybridized carbons (Fsp3) is 0.857. The molecular weight excluding hydrogens is 344 g/mol. The molecule has 6 nitrogen and oxygen atoms in total. The molecule has 0 spiro atoms. The first-order valence-electron chi connectivity index (χ1n) is 10.9. The van der Waals surface area contributed by atoms with E-state index >= 15 is 0 Å². The third-order valence-electron chi connectivity index (χ3n) is 7.90. The molecule has 0 radical (unpaired) electrons. The number of rotatable bonds is 5. The molecule has 0 amide bonds. The van der Waals surface area contributed by atoms with E-state index in [2.05, 4.69) is 5.32 Å². The Bertz CT molecular complexity index is 605. The Hall–Kier alpha value is -1.27. The van der Waals surface area contributed by atoms with Gasteiger partial charge in [0.2, 0.25) is 0 Å². The number of hydrogen-bond donors (Lipinski definition) is 3. The minimum absolute atomic E-state index is 0.0182. The molecule has 6 rings (SSSR count). The van der Waals surface area contributed by atoms with Crippen LogP contribution in [0.2, 0.25) is 0 Å². The van der Waals surface area contributed by atoms with Crippen LogP contribution in [0.25, 0.3) is 0 Å². The van der Waals surface area contributed by atoms with E-state index in [1.54, 1.807) is 0 Å². The first-order valence-corrected chi connectivity index (χ1v) is 10.9. The average molecular weight is 376 g/mol. The summed E-state index contributed by atoms with van der Waals surface area (Å²) in [5.74, 6) is 1.60. The Morgan fingerprint density at radius 2 is 1.67 bits per heavy atom. The zero-order valence-corrected chi connectivity index (χ0v) is 16.0. The van der Waals surface area contributed by atoms with Crippen molar-refractivity contribution in [1.82, 2.24) is 10.4 Å². The van der Waals surface area contributed by atoms with Crippen LogP contribution in [0.5, 0.6) is 0 Å². The van der Waals surface area contributed by atoms with Crippen molar-refractivity contribution in [3.63, 3.8) is 0 Å². The molecule has 4 bridgehead atoms. The van der Waals surface area contributed by atoms with E-state index in [-0.39, 0.29) is 30.0 Å². The minimum Gasteiger partial charge on any atom is -0.476 e. The van der Waals surface area contributed by atoms with Crippen LogP contribution in [0, 0.1) is 23.7 Å². The molecule has 1 atom stereocenters. The van der Waals surface area contributed by atoms with Crippen LogP contribution in [0.3, 0.4) is 0 Å². The van der Waals surface area contributed by atoms with Gasteiger partial charge in [-0.1, -0.05) is 19.3 Å². The lowest BCUT2D eigenvalue weighted by atomic mass is 9.54. The summed E-state index contributed by atoms with van der Waals surface area (Å²) in [6.45, 7) is 0.272. The van der Waals surface area contributed by atoms with Crippen LogP contribution in [-0.2, 0) is 9.53 Å². The maximum atomic E-state index is 11.8. The zero-order chi connectivity index (χ0) is 18.6. The van der Waals surface area contributed by atoms with E-state index in [0.29, 0.717) is 5.70 Å². The van der Waals surface area contributed by atoms with Crippen molar-refractivity contribution in [2.75, 3.05) is 6.61 Å². The van der Waals surface area contributed by atoms with Crippen LogP contribution in [0.15, 0.2) is 11.4 Å². The highest BCUT2D eigenvalue weighted by molar-refractivity contribution is 5.87. The van der Waals surface area contributed by atoms with Crippen molar-refractivity contribution in [1.29, 1.82) is 0 Å². The topological polar surface area (TPSA) is 82.0 Å². The second kappa shape index (κ2) is 6.66. The average Bonchev–Trinajstić information content (AvgIpc) is 2.96. The Morgan fingerprint density at radius 1 is 1.07 bits per heavy atom. The lowest BCUT2D eigenvalue weighted by molar-refractivity contribution is -0.158. The summed E-state index contributed by atoms with van der Waals surface area (Å²) in [4.78, 5) is 11.8. The quantitative estimate of drug-likeness (QED) is 0.682. The first-order chi connectivity index (χ1) is 13.0. The summed E-state index contributed by atoms with van der Waals surface area (Å²) in [5, 5.41) is 24.5. The fourth-order valence-electron chi connectivity index (χ4n) is 7.12. The monoisotopic (exact) mass is 376 g/mol. The number of carboxylic acid groups (broad SMARTS) is 1. The summed E-state index contributed by atoms with van der Waals surface area (Å²) >= 11 is 0. The molecule has 6 aliphatic rings. The zero-order valence-electron chi connectivity index (χ0n) is 16.0. The standard InChI is InChI=1S/C21H32N2O4/c24-20(25)18-17(22-19(23(18)26)16-4-2-1-3-5-16)12-27-21-9-13-6-14(10-21)8-15(7-13)11-21/h13-16,19,22,26H,1-12H2,(H,24,25). The maximum Gasteiger partial charge on any atom is 0.356 e. The van der Waals surface area contributed by atoms with Crippen LogP contribution in [-0.4, -0.2) is 39.7 Å². The highest BCUT2D eigenvalue weighted by Gasteiger charge is 2.52. The third kappa shape index (κ3) is 3.15. The minimum atomic E-state index is -1.08. The SMILES string of the molecule is O=C(O)C1=C(COC23CC4CC(CC(C4)C2)C3)NC(C2CCCCC2)N1O.